The highest BCUT2D eigenvalue weighted by Crippen LogP contribution is 2.40. The van der Waals surface area contributed by atoms with Gasteiger partial charge in [-0.05, 0) is 55.6 Å². The van der Waals surface area contributed by atoms with Crippen molar-refractivity contribution in [1.82, 2.24) is 14.8 Å². The Hall–Kier alpha value is -3.88. The summed E-state index contributed by atoms with van der Waals surface area (Å²) >= 11 is 0. The van der Waals surface area contributed by atoms with E-state index in [1.165, 1.54) is 6.07 Å². The van der Waals surface area contributed by atoms with Crippen molar-refractivity contribution in [2.75, 3.05) is 44.7 Å². The molecule has 1 N–H and O–H groups in total. The number of carbonyl (C=O) groups is 1. The summed E-state index contributed by atoms with van der Waals surface area (Å²) in [6, 6.07) is 9.52. The van der Waals surface area contributed by atoms with Crippen LogP contribution in [0.4, 0.5) is 14.5 Å². The quantitative estimate of drug-likeness (QED) is 0.578. The molecule has 8 heteroatoms. The van der Waals surface area contributed by atoms with Crippen LogP contribution in [0.25, 0.3) is 10.9 Å². The van der Waals surface area contributed by atoms with E-state index in [9.17, 15) is 18.8 Å². The number of rotatable bonds is 2. The van der Waals surface area contributed by atoms with E-state index in [0.717, 1.165) is 49.1 Å². The van der Waals surface area contributed by atoms with Crippen LogP contribution < -0.4 is 4.90 Å². The molecule has 3 heterocycles. The monoisotopic (exact) mass is 473 g/mol. The molecule has 3 aromatic rings. The van der Waals surface area contributed by atoms with Gasteiger partial charge >= 0.3 is 0 Å². The second kappa shape index (κ2) is 9.05. The lowest BCUT2D eigenvalue weighted by Gasteiger charge is -2.36. The molecule has 2 aliphatic heterocycles. The number of amides is 1. The predicted octanol–water partition coefficient (Wildman–Crippen LogP) is 3.57. The second-order valence-corrected chi connectivity index (χ2v) is 9.03. The summed E-state index contributed by atoms with van der Waals surface area (Å²) in [4.78, 5) is 22.2. The molecule has 2 aliphatic rings. The number of halogens is 2. The number of anilines is 1. The first-order valence-electron chi connectivity index (χ1n) is 11.6. The highest BCUT2D eigenvalue weighted by atomic mass is 19.1. The van der Waals surface area contributed by atoms with Gasteiger partial charge in [0.1, 0.15) is 17.7 Å². The number of fused-ring (bicyclic) bond motifs is 3. The number of nitrogens with one attached hydrogen (secondary N) is 1. The maximum absolute atomic E-state index is 14.6. The third kappa shape index (κ3) is 4.00. The average molecular weight is 474 g/mol. The molecule has 35 heavy (non-hydrogen) atoms. The van der Waals surface area contributed by atoms with Crippen LogP contribution in [-0.4, -0.2) is 60.5 Å². The van der Waals surface area contributed by atoms with Crippen LogP contribution in [-0.2, 0) is 11.2 Å². The van der Waals surface area contributed by atoms with Crippen LogP contribution in [0.3, 0.4) is 0 Å². The Balaban J connectivity index is 1.64. The van der Waals surface area contributed by atoms with Crippen molar-refractivity contribution in [1.29, 1.82) is 5.26 Å². The lowest BCUT2D eigenvalue weighted by atomic mass is 9.91. The number of carbonyl (C=O) groups excluding carboxylic acids is 1. The zero-order chi connectivity index (χ0) is 24.7. The van der Waals surface area contributed by atoms with Gasteiger partial charge in [-0.2, -0.15) is 5.26 Å². The largest absolute Gasteiger partial charge is 0.368 e. The fourth-order valence-electron chi connectivity index (χ4n) is 5.19. The van der Waals surface area contributed by atoms with Crippen molar-refractivity contribution in [2.24, 2.45) is 0 Å². The molecule has 0 radical (unpaired) electrons. The van der Waals surface area contributed by atoms with Crippen molar-refractivity contribution in [3.63, 3.8) is 0 Å². The van der Waals surface area contributed by atoms with Crippen LogP contribution in [0.1, 0.15) is 35.3 Å². The summed E-state index contributed by atoms with van der Waals surface area (Å²) in [6.45, 7) is 5.41. The van der Waals surface area contributed by atoms with Crippen molar-refractivity contribution in [3.05, 3.63) is 64.4 Å². The van der Waals surface area contributed by atoms with Crippen LogP contribution in [0, 0.1) is 34.8 Å². The third-order valence-electron chi connectivity index (χ3n) is 6.95. The van der Waals surface area contributed by atoms with E-state index < -0.39 is 17.7 Å². The number of hydrogen-bond donors (Lipinski definition) is 1. The van der Waals surface area contributed by atoms with E-state index in [2.05, 4.69) is 39.7 Å². The number of nitriles is 1. The lowest BCUT2D eigenvalue weighted by Crippen LogP contribution is -2.44. The Morgan fingerprint density at radius 3 is 2.60 bits per heavy atom. The number of benzene rings is 2. The maximum Gasteiger partial charge on any atom is 0.299 e. The smallest absolute Gasteiger partial charge is 0.299 e. The molecule has 6 nitrogen and oxygen atoms in total. The van der Waals surface area contributed by atoms with Gasteiger partial charge in [0, 0.05) is 49.9 Å². The van der Waals surface area contributed by atoms with Gasteiger partial charge < -0.3 is 19.7 Å². The topological polar surface area (TPSA) is 66.4 Å². The molecule has 5 rings (SSSR count). The van der Waals surface area contributed by atoms with E-state index in [0.29, 0.717) is 29.6 Å². The van der Waals surface area contributed by atoms with Crippen molar-refractivity contribution >= 4 is 22.5 Å². The second-order valence-electron chi connectivity index (χ2n) is 9.03. The molecule has 0 bridgehead atoms. The summed E-state index contributed by atoms with van der Waals surface area (Å²) in [5, 5.41) is 10.4. The van der Waals surface area contributed by atoms with Gasteiger partial charge in [0.05, 0.1) is 22.8 Å². The fraction of sp³-hybridized carbons (Fsp3) is 0.333. The Bertz CT molecular complexity index is 1420. The molecular weight excluding hydrogens is 448 g/mol. The number of hydrogen-bond acceptors (Lipinski definition) is 4. The SMILES string of the molecule is CC#CC(=O)N1CCc2c([nH]c3c(F)cc(F)cc23)C1c1ccc(N2CCN(C)CC2)c(C#N)c1. The van der Waals surface area contributed by atoms with E-state index >= 15 is 0 Å². The standard InChI is InChI=1S/C27H25F2N5O/c1-3-4-24(35)34-8-7-20-21-14-19(28)15-22(29)25(21)31-26(20)27(34)17-5-6-23(18(13-17)16-30)33-11-9-32(2)10-12-33/h5-6,13-15,27,31H,7-12H2,1-2H3. The predicted molar refractivity (Wildman–Crippen MR) is 130 cm³/mol. The summed E-state index contributed by atoms with van der Waals surface area (Å²) in [6.07, 6.45) is 0.441. The van der Waals surface area contributed by atoms with E-state index in [1.807, 2.05) is 12.1 Å². The molecule has 1 amide bonds. The number of aromatic nitrogens is 1. The van der Waals surface area contributed by atoms with E-state index in [4.69, 9.17) is 0 Å². The molecule has 1 fully saturated rings. The number of H-pyrrole nitrogens is 1. The molecular formula is C27H25F2N5O. The Morgan fingerprint density at radius 2 is 1.89 bits per heavy atom. The average Bonchev–Trinajstić information content (AvgIpc) is 3.23. The summed E-state index contributed by atoms with van der Waals surface area (Å²) in [5.41, 5.74) is 3.71. The minimum absolute atomic E-state index is 0.215. The third-order valence-corrected chi connectivity index (χ3v) is 6.95. The van der Waals surface area contributed by atoms with Crippen molar-refractivity contribution in [2.45, 2.75) is 19.4 Å². The number of aromatic amines is 1. The highest BCUT2D eigenvalue weighted by Gasteiger charge is 2.35. The van der Waals surface area contributed by atoms with Gasteiger partial charge in [-0.1, -0.05) is 12.0 Å². The molecule has 1 aromatic heterocycles. The molecule has 178 valence electrons. The molecule has 0 spiro atoms. The summed E-state index contributed by atoms with van der Waals surface area (Å²) in [7, 11) is 2.08. The summed E-state index contributed by atoms with van der Waals surface area (Å²) < 4.78 is 28.7. The Kier molecular flexibility index (Phi) is 5.92. The molecule has 0 aliphatic carbocycles. The van der Waals surface area contributed by atoms with Gasteiger partial charge in [-0.15, -0.1) is 0 Å². The first-order chi connectivity index (χ1) is 16.9. The van der Waals surface area contributed by atoms with Gasteiger partial charge in [0.15, 0.2) is 0 Å². The minimum Gasteiger partial charge on any atom is -0.368 e. The number of nitrogens with zero attached hydrogens (tertiary/aromatic N) is 4. The molecule has 1 saturated heterocycles. The van der Waals surface area contributed by atoms with Gasteiger partial charge in [0.25, 0.3) is 5.91 Å². The highest BCUT2D eigenvalue weighted by molar-refractivity contribution is 5.95. The zero-order valence-corrected chi connectivity index (χ0v) is 19.7. The van der Waals surface area contributed by atoms with E-state index in [-0.39, 0.29) is 11.4 Å². The maximum atomic E-state index is 14.6. The van der Waals surface area contributed by atoms with E-state index in [1.54, 1.807) is 17.9 Å². The first-order valence-corrected chi connectivity index (χ1v) is 11.6. The minimum atomic E-state index is -0.678. The molecule has 2 aromatic carbocycles. The lowest BCUT2D eigenvalue weighted by molar-refractivity contribution is -0.127. The molecule has 1 unspecified atom stereocenters. The molecule has 0 saturated carbocycles. The van der Waals surface area contributed by atoms with Gasteiger partial charge in [0.2, 0.25) is 0 Å². The van der Waals surface area contributed by atoms with Crippen LogP contribution in [0.15, 0.2) is 30.3 Å². The van der Waals surface area contributed by atoms with Gasteiger partial charge in [-0.3, -0.25) is 4.79 Å². The van der Waals surface area contributed by atoms with Gasteiger partial charge in [-0.25, -0.2) is 8.78 Å². The van der Waals surface area contributed by atoms with Crippen LogP contribution >= 0.6 is 0 Å². The van der Waals surface area contributed by atoms with Crippen LogP contribution in [0.5, 0.6) is 0 Å². The van der Waals surface area contributed by atoms with Crippen LogP contribution in [0.2, 0.25) is 0 Å². The fourth-order valence-corrected chi connectivity index (χ4v) is 5.19. The first kappa shape index (κ1) is 22.9. The van der Waals surface area contributed by atoms with Crippen molar-refractivity contribution in [3.8, 4) is 17.9 Å². The Labute approximate surface area is 202 Å². The summed E-state index contributed by atoms with van der Waals surface area (Å²) in [5.74, 6) is 3.59. The number of likely N-dealkylation sites (N-methyl/N-ethyl adjacent to an activating group) is 1. The van der Waals surface area contributed by atoms with Crippen molar-refractivity contribution < 1.29 is 13.6 Å². The zero-order valence-electron chi connectivity index (χ0n) is 19.7. The Morgan fingerprint density at radius 1 is 1.11 bits per heavy atom. The molecule has 1 atom stereocenters. The number of piperazine rings is 1. The normalized spacial score (nSPS) is 18.1.